The normalized spacial score (nSPS) is 23.1. The summed E-state index contributed by atoms with van der Waals surface area (Å²) in [7, 11) is 0. The summed E-state index contributed by atoms with van der Waals surface area (Å²) in [5, 5.41) is 3.18. The number of carbonyl (C=O) groups is 1. The lowest BCUT2D eigenvalue weighted by Gasteiger charge is -2.29. The van der Waals surface area contributed by atoms with Crippen LogP contribution in [0.3, 0.4) is 0 Å². The fraction of sp³-hybridized carbons (Fsp3) is 0.412. The molecule has 1 N–H and O–H groups in total. The Labute approximate surface area is 129 Å². The van der Waals surface area contributed by atoms with Crippen LogP contribution in [0.2, 0.25) is 0 Å². The minimum atomic E-state index is -0.0981. The van der Waals surface area contributed by atoms with E-state index in [2.05, 4.69) is 14.9 Å². The highest BCUT2D eigenvalue weighted by molar-refractivity contribution is 5.80. The molecule has 5 heteroatoms. The molecule has 2 unspecified atom stereocenters. The molecule has 3 heterocycles. The number of aryl methyl sites for hydroxylation is 1. The van der Waals surface area contributed by atoms with Gasteiger partial charge in [0.05, 0.1) is 5.92 Å². The van der Waals surface area contributed by atoms with Crippen LogP contribution < -0.4 is 10.1 Å². The first kappa shape index (κ1) is 13.4. The zero-order valence-electron chi connectivity index (χ0n) is 12.4. The number of nitrogens with one attached hydrogen (secondary N) is 1. The Hall–Kier alpha value is -2.30. The number of aromatic nitrogens is 2. The largest absolute Gasteiger partial charge is 0.492 e. The molecule has 0 spiro atoms. The third-order valence-corrected chi connectivity index (χ3v) is 4.53. The van der Waals surface area contributed by atoms with Crippen LogP contribution in [0.5, 0.6) is 5.75 Å². The van der Waals surface area contributed by atoms with Crippen molar-refractivity contribution in [3.05, 3.63) is 48.0 Å². The number of para-hydroxylation sites is 1. The summed E-state index contributed by atoms with van der Waals surface area (Å²) in [5.74, 6) is 2.02. The predicted molar refractivity (Wildman–Crippen MR) is 81.6 cm³/mol. The third-order valence-electron chi connectivity index (χ3n) is 4.53. The molecule has 1 amide bonds. The Morgan fingerprint density at radius 1 is 1.36 bits per heavy atom. The lowest BCUT2D eigenvalue weighted by Crippen LogP contribution is -2.46. The molecule has 22 heavy (non-hydrogen) atoms. The molecular weight excluding hydrogens is 278 g/mol. The van der Waals surface area contributed by atoms with Crippen LogP contribution in [0.25, 0.3) is 0 Å². The van der Waals surface area contributed by atoms with Crippen molar-refractivity contribution < 1.29 is 9.53 Å². The summed E-state index contributed by atoms with van der Waals surface area (Å²) in [6.07, 6.45) is 6.43. The van der Waals surface area contributed by atoms with Gasteiger partial charge >= 0.3 is 0 Å². The number of hydrogen-bond acceptors (Lipinski definition) is 3. The lowest BCUT2D eigenvalue weighted by atomic mass is 9.95. The van der Waals surface area contributed by atoms with Crippen molar-refractivity contribution in [3.8, 4) is 5.75 Å². The van der Waals surface area contributed by atoms with E-state index < -0.39 is 0 Å². The molecule has 1 aromatic carbocycles. The summed E-state index contributed by atoms with van der Waals surface area (Å²) in [6.45, 7) is 1.27. The molecule has 0 bridgehead atoms. The molecule has 2 aromatic rings. The van der Waals surface area contributed by atoms with Crippen LogP contribution in [0.4, 0.5) is 0 Å². The Bertz CT molecular complexity index is 695. The summed E-state index contributed by atoms with van der Waals surface area (Å²) < 4.78 is 7.84. The quantitative estimate of drug-likeness (QED) is 0.915. The first-order valence-electron chi connectivity index (χ1n) is 7.80. The van der Waals surface area contributed by atoms with Crippen LogP contribution in [-0.4, -0.2) is 28.1 Å². The van der Waals surface area contributed by atoms with Crippen LogP contribution in [0, 0.1) is 5.92 Å². The fourth-order valence-electron chi connectivity index (χ4n) is 3.30. The van der Waals surface area contributed by atoms with E-state index in [1.165, 1.54) is 0 Å². The predicted octanol–water partition coefficient (Wildman–Crippen LogP) is 1.57. The molecule has 0 saturated carbocycles. The molecule has 2 atom stereocenters. The number of hydrogen-bond donors (Lipinski definition) is 1. The highest BCUT2D eigenvalue weighted by atomic mass is 16.5. The molecule has 1 aromatic heterocycles. The van der Waals surface area contributed by atoms with Crippen molar-refractivity contribution in [2.45, 2.75) is 31.8 Å². The van der Waals surface area contributed by atoms with Crippen molar-refractivity contribution in [2.24, 2.45) is 5.92 Å². The number of carbonyl (C=O) groups excluding carboxylic acids is 1. The smallest absolute Gasteiger partial charge is 0.227 e. The van der Waals surface area contributed by atoms with Crippen molar-refractivity contribution in [1.29, 1.82) is 0 Å². The van der Waals surface area contributed by atoms with Gasteiger partial charge < -0.3 is 14.6 Å². The summed E-state index contributed by atoms with van der Waals surface area (Å²) in [6, 6.07) is 8.14. The van der Waals surface area contributed by atoms with Crippen LogP contribution in [0.15, 0.2) is 36.7 Å². The number of benzene rings is 1. The molecular formula is C17H19N3O2. The van der Waals surface area contributed by atoms with Crippen molar-refractivity contribution in [2.75, 3.05) is 6.61 Å². The molecule has 2 aliphatic rings. The van der Waals surface area contributed by atoms with Gasteiger partial charge in [0, 0.05) is 31.4 Å². The van der Waals surface area contributed by atoms with Crippen molar-refractivity contribution >= 4 is 5.91 Å². The molecule has 0 aliphatic carbocycles. The fourth-order valence-corrected chi connectivity index (χ4v) is 3.30. The second-order valence-electron chi connectivity index (χ2n) is 6.06. The zero-order valence-corrected chi connectivity index (χ0v) is 12.4. The maximum Gasteiger partial charge on any atom is 0.227 e. The first-order chi connectivity index (χ1) is 10.8. The number of imidazole rings is 1. The van der Waals surface area contributed by atoms with E-state index in [1.54, 1.807) is 0 Å². The Morgan fingerprint density at radius 3 is 3.23 bits per heavy atom. The molecule has 114 valence electrons. The SMILES string of the molecule is O=C(NC1CCc2nccn2C1)C1COc2ccccc2C1. The minimum Gasteiger partial charge on any atom is -0.492 e. The summed E-state index contributed by atoms with van der Waals surface area (Å²) in [5.41, 5.74) is 1.12. The first-order valence-corrected chi connectivity index (χ1v) is 7.80. The summed E-state index contributed by atoms with van der Waals surface area (Å²) >= 11 is 0. The van der Waals surface area contributed by atoms with Crippen LogP contribution in [-0.2, 0) is 24.2 Å². The Morgan fingerprint density at radius 2 is 2.27 bits per heavy atom. The number of rotatable bonds is 2. The number of fused-ring (bicyclic) bond motifs is 2. The van der Waals surface area contributed by atoms with Gasteiger partial charge in [-0.2, -0.15) is 0 Å². The van der Waals surface area contributed by atoms with Gasteiger partial charge in [-0.05, 0) is 24.5 Å². The maximum atomic E-state index is 12.5. The van der Waals surface area contributed by atoms with Crippen molar-refractivity contribution in [1.82, 2.24) is 14.9 Å². The second kappa shape index (κ2) is 5.48. The molecule has 0 saturated heterocycles. The van der Waals surface area contributed by atoms with Gasteiger partial charge in [0.2, 0.25) is 5.91 Å². The monoisotopic (exact) mass is 297 g/mol. The van der Waals surface area contributed by atoms with Gasteiger partial charge in [-0.25, -0.2) is 4.98 Å². The average molecular weight is 297 g/mol. The van der Waals surface area contributed by atoms with Crippen molar-refractivity contribution in [3.63, 3.8) is 0 Å². The van der Waals surface area contributed by atoms with Gasteiger partial charge in [-0.3, -0.25) is 4.79 Å². The van der Waals surface area contributed by atoms with E-state index in [0.717, 1.165) is 42.9 Å². The van der Waals surface area contributed by atoms with E-state index in [0.29, 0.717) is 6.61 Å². The van der Waals surface area contributed by atoms with E-state index in [1.807, 2.05) is 36.7 Å². The van der Waals surface area contributed by atoms with Gasteiger partial charge in [0.15, 0.2) is 0 Å². The van der Waals surface area contributed by atoms with Crippen LogP contribution >= 0.6 is 0 Å². The highest BCUT2D eigenvalue weighted by Gasteiger charge is 2.28. The highest BCUT2D eigenvalue weighted by Crippen LogP contribution is 2.27. The van der Waals surface area contributed by atoms with E-state index in [4.69, 9.17) is 4.74 Å². The van der Waals surface area contributed by atoms with Gasteiger partial charge in [0.25, 0.3) is 0 Å². The van der Waals surface area contributed by atoms with Gasteiger partial charge in [-0.1, -0.05) is 18.2 Å². The topological polar surface area (TPSA) is 56.2 Å². The van der Waals surface area contributed by atoms with Gasteiger partial charge in [0.1, 0.15) is 18.2 Å². The number of ether oxygens (including phenoxy) is 1. The second-order valence-corrected chi connectivity index (χ2v) is 6.06. The molecule has 5 nitrogen and oxygen atoms in total. The minimum absolute atomic E-state index is 0.0981. The Balaban J connectivity index is 1.39. The van der Waals surface area contributed by atoms with E-state index >= 15 is 0 Å². The number of nitrogens with zero attached hydrogens (tertiary/aromatic N) is 2. The third kappa shape index (κ3) is 2.47. The molecule has 0 fully saturated rings. The summed E-state index contributed by atoms with van der Waals surface area (Å²) in [4.78, 5) is 16.8. The molecule has 0 radical (unpaired) electrons. The lowest BCUT2D eigenvalue weighted by molar-refractivity contribution is -0.127. The molecule has 4 rings (SSSR count). The number of amides is 1. The van der Waals surface area contributed by atoms with E-state index in [9.17, 15) is 4.79 Å². The molecule has 2 aliphatic heterocycles. The maximum absolute atomic E-state index is 12.5. The Kier molecular flexibility index (Phi) is 3.33. The average Bonchev–Trinajstić information content (AvgIpc) is 3.02. The van der Waals surface area contributed by atoms with Crippen LogP contribution in [0.1, 0.15) is 17.8 Å². The van der Waals surface area contributed by atoms with Gasteiger partial charge in [-0.15, -0.1) is 0 Å². The zero-order chi connectivity index (χ0) is 14.9. The van der Waals surface area contributed by atoms with E-state index in [-0.39, 0.29) is 17.9 Å². The standard InChI is InChI=1S/C17H19N3O2/c21-17(13-9-12-3-1-2-4-15(12)22-11-13)19-14-5-6-16-18-7-8-20(16)10-14/h1-4,7-8,13-14H,5-6,9-11H2,(H,19,21).